The fourth-order valence-electron chi connectivity index (χ4n) is 3.28. The van der Waals surface area contributed by atoms with Gasteiger partial charge in [0, 0.05) is 31.6 Å². The topological polar surface area (TPSA) is 67.9 Å². The Morgan fingerprint density at radius 3 is 2.86 bits per heavy atom. The Morgan fingerprint density at radius 2 is 2.21 bits per heavy atom. The van der Waals surface area contributed by atoms with Gasteiger partial charge in [-0.2, -0.15) is 0 Å². The van der Waals surface area contributed by atoms with Crippen LogP contribution in [0, 0.1) is 0 Å². The summed E-state index contributed by atoms with van der Waals surface area (Å²) < 4.78 is 10.8. The van der Waals surface area contributed by atoms with E-state index < -0.39 is 0 Å². The molecule has 0 aliphatic carbocycles. The Labute approximate surface area is 167 Å². The van der Waals surface area contributed by atoms with Crippen molar-refractivity contribution in [2.45, 2.75) is 38.6 Å². The van der Waals surface area contributed by atoms with Crippen LogP contribution in [0.2, 0.25) is 0 Å². The van der Waals surface area contributed by atoms with Crippen molar-refractivity contribution < 1.29 is 19.1 Å². The summed E-state index contributed by atoms with van der Waals surface area (Å²) in [6.07, 6.45) is 8.15. The van der Waals surface area contributed by atoms with Crippen LogP contribution in [0.3, 0.4) is 0 Å². The number of ether oxygens (including phenoxy) is 2. The molecule has 2 amide bonds. The molecule has 2 rings (SSSR count). The van der Waals surface area contributed by atoms with Crippen LogP contribution in [-0.4, -0.2) is 49.6 Å². The lowest BCUT2D eigenvalue weighted by Crippen LogP contribution is -2.38. The van der Waals surface area contributed by atoms with Crippen molar-refractivity contribution in [2.24, 2.45) is 0 Å². The molecule has 1 aromatic rings. The van der Waals surface area contributed by atoms with Gasteiger partial charge in [0.15, 0.2) is 11.5 Å². The predicted molar refractivity (Wildman–Crippen MR) is 110 cm³/mol. The molecule has 1 aliphatic rings. The van der Waals surface area contributed by atoms with E-state index in [1.54, 1.807) is 25.3 Å². The molecule has 6 heteroatoms. The zero-order valence-corrected chi connectivity index (χ0v) is 16.8. The van der Waals surface area contributed by atoms with Crippen LogP contribution in [-0.2, 0) is 9.59 Å². The van der Waals surface area contributed by atoms with Gasteiger partial charge in [-0.1, -0.05) is 25.6 Å². The van der Waals surface area contributed by atoms with Crippen LogP contribution in [0.4, 0.5) is 0 Å². The Kier molecular flexibility index (Phi) is 8.59. The van der Waals surface area contributed by atoms with E-state index in [9.17, 15) is 9.59 Å². The fraction of sp³-hybridized carbons (Fsp3) is 0.455. The van der Waals surface area contributed by atoms with Gasteiger partial charge >= 0.3 is 0 Å². The molecule has 152 valence electrons. The van der Waals surface area contributed by atoms with Crippen LogP contribution in [0.1, 0.15) is 38.2 Å². The number of hydrogen-bond donors (Lipinski definition) is 1. The Bertz CT molecular complexity index is 714. The number of likely N-dealkylation sites (tertiary alicyclic amines) is 1. The first-order chi connectivity index (χ1) is 13.6. The molecule has 28 heavy (non-hydrogen) atoms. The lowest BCUT2D eigenvalue weighted by atomic mass is 10.1. The van der Waals surface area contributed by atoms with Gasteiger partial charge in [-0.15, -0.1) is 0 Å². The minimum atomic E-state index is -0.159. The summed E-state index contributed by atoms with van der Waals surface area (Å²) >= 11 is 0. The van der Waals surface area contributed by atoms with Crippen molar-refractivity contribution in [2.75, 3.05) is 26.8 Å². The molecule has 0 spiro atoms. The first-order valence-corrected chi connectivity index (χ1v) is 9.76. The van der Waals surface area contributed by atoms with E-state index in [1.807, 2.05) is 17.0 Å². The van der Waals surface area contributed by atoms with Gasteiger partial charge in [0.25, 0.3) is 0 Å². The molecule has 1 aliphatic heterocycles. The van der Waals surface area contributed by atoms with Gasteiger partial charge in [0.05, 0.1) is 7.11 Å². The highest BCUT2D eigenvalue weighted by Crippen LogP contribution is 2.28. The first kappa shape index (κ1) is 21.5. The third-order valence-corrected chi connectivity index (χ3v) is 4.77. The smallest absolute Gasteiger partial charge is 0.244 e. The van der Waals surface area contributed by atoms with Gasteiger partial charge in [0.2, 0.25) is 11.8 Å². The van der Waals surface area contributed by atoms with Crippen LogP contribution >= 0.6 is 0 Å². The molecule has 0 bridgehead atoms. The zero-order valence-electron chi connectivity index (χ0n) is 16.8. The molecule has 1 N–H and O–H groups in total. The molecule has 0 radical (unpaired) electrons. The maximum Gasteiger partial charge on any atom is 0.244 e. The molecule has 6 nitrogen and oxygen atoms in total. The van der Waals surface area contributed by atoms with E-state index in [4.69, 9.17) is 9.47 Å². The number of benzene rings is 1. The quantitative estimate of drug-likeness (QED) is 0.468. The highest BCUT2D eigenvalue weighted by Gasteiger charge is 2.26. The minimum absolute atomic E-state index is 0.159. The highest BCUT2D eigenvalue weighted by molar-refractivity contribution is 5.91. The van der Waals surface area contributed by atoms with E-state index in [-0.39, 0.29) is 17.9 Å². The van der Waals surface area contributed by atoms with Gasteiger partial charge < -0.3 is 19.7 Å². The maximum absolute atomic E-state index is 12.1. The third-order valence-electron chi connectivity index (χ3n) is 4.77. The number of nitrogens with one attached hydrogen (secondary N) is 1. The van der Waals surface area contributed by atoms with Gasteiger partial charge in [-0.3, -0.25) is 9.59 Å². The van der Waals surface area contributed by atoms with Crippen molar-refractivity contribution in [3.63, 3.8) is 0 Å². The van der Waals surface area contributed by atoms with Crippen LogP contribution < -0.4 is 14.8 Å². The maximum atomic E-state index is 12.1. The van der Waals surface area contributed by atoms with Gasteiger partial charge in [-0.05, 0) is 43.0 Å². The van der Waals surface area contributed by atoms with Gasteiger partial charge in [0.1, 0.15) is 6.61 Å². The van der Waals surface area contributed by atoms with E-state index in [2.05, 4.69) is 18.8 Å². The predicted octanol–water partition coefficient (Wildman–Crippen LogP) is 3.18. The molecule has 1 saturated heterocycles. The molecule has 0 aromatic heterocycles. The Hall–Kier alpha value is -2.76. The normalized spacial score (nSPS) is 14.9. The summed E-state index contributed by atoms with van der Waals surface area (Å²) in [6.45, 7) is 7.48. The third kappa shape index (κ3) is 6.15. The number of methoxy groups -OCH3 is 1. The van der Waals surface area contributed by atoms with Gasteiger partial charge in [-0.25, -0.2) is 0 Å². The standard InChI is InChI=1S/C22H30N2O4/c1-4-15-28-19-10-8-17(16-20(19)27-3)9-11-21(25)23-13-12-18(5-2)24-14-6-7-22(24)26/h4,8-11,16,18H,1,5-7,12-15H2,2-3H3,(H,23,25)/b11-9+/t18-/m0/s1. The number of nitrogens with zero attached hydrogens (tertiary/aromatic N) is 1. The molecule has 1 fully saturated rings. The van der Waals surface area contributed by atoms with E-state index >= 15 is 0 Å². The summed E-state index contributed by atoms with van der Waals surface area (Å²) in [5.74, 6) is 1.30. The molecular formula is C22H30N2O4. The Balaban J connectivity index is 1.84. The van der Waals surface area contributed by atoms with E-state index in [0.29, 0.717) is 31.1 Å². The highest BCUT2D eigenvalue weighted by atomic mass is 16.5. The second kappa shape index (κ2) is 11.2. The Morgan fingerprint density at radius 1 is 1.39 bits per heavy atom. The largest absolute Gasteiger partial charge is 0.493 e. The first-order valence-electron chi connectivity index (χ1n) is 9.76. The van der Waals surface area contributed by atoms with E-state index in [0.717, 1.165) is 31.4 Å². The molecule has 0 unspecified atom stereocenters. The summed E-state index contributed by atoms with van der Waals surface area (Å²) in [7, 11) is 1.57. The molecule has 1 heterocycles. The van der Waals surface area contributed by atoms with Crippen LogP contribution in [0.15, 0.2) is 36.9 Å². The number of carbonyl (C=O) groups is 2. The molecule has 1 atom stereocenters. The second-order valence-corrected chi connectivity index (χ2v) is 6.68. The average molecular weight is 386 g/mol. The van der Waals surface area contributed by atoms with Crippen molar-refractivity contribution >= 4 is 17.9 Å². The average Bonchev–Trinajstić information content (AvgIpc) is 3.14. The van der Waals surface area contributed by atoms with Crippen molar-refractivity contribution in [3.05, 3.63) is 42.5 Å². The fourth-order valence-corrected chi connectivity index (χ4v) is 3.28. The monoisotopic (exact) mass is 386 g/mol. The van der Waals surface area contributed by atoms with Crippen LogP contribution in [0.5, 0.6) is 11.5 Å². The molecule has 0 saturated carbocycles. The summed E-state index contributed by atoms with van der Waals surface area (Å²) in [5.41, 5.74) is 0.840. The summed E-state index contributed by atoms with van der Waals surface area (Å²) in [5, 5.41) is 2.89. The molecular weight excluding hydrogens is 356 g/mol. The summed E-state index contributed by atoms with van der Waals surface area (Å²) in [4.78, 5) is 25.9. The number of carbonyl (C=O) groups excluding carboxylic acids is 2. The number of hydrogen-bond acceptors (Lipinski definition) is 4. The van der Waals surface area contributed by atoms with Crippen molar-refractivity contribution in [3.8, 4) is 11.5 Å². The minimum Gasteiger partial charge on any atom is -0.493 e. The zero-order chi connectivity index (χ0) is 20.4. The van der Waals surface area contributed by atoms with Crippen LogP contribution in [0.25, 0.3) is 6.08 Å². The number of rotatable bonds is 11. The molecule has 1 aromatic carbocycles. The lowest BCUT2D eigenvalue weighted by Gasteiger charge is -2.26. The summed E-state index contributed by atoms with van der Waals surface area (Å²) in [6, 6.07) is 5.68. The lowest BCUT2D eigenvalue weighted by molar-refractivity contribution is -0.129. The number of amides is 2. The SMILES string of the molecule is C=CCOc1ccc(/C=C/C(=O)NCC[C@H](CC)N2CCCC2=O)cc1OC. The van der Waals surface area contributed by atoms with E-state index in [1.165, 1.54) is 6.08 Å². The van der Waals surface area contributed by atoms with Crippen molar-refractivity contribution in [1.82, 2.24) is 10.2 Å². The van der Waals surface area contributed by atoms with Crippen molar-refractivity contribution in [1.29, 1.82) is 0 Å². The second-order valence-electron chi connectivity index (χ2n) is 6.68.